The predicted molar refractivity (Wildman–Crippen MR) is 67.3 cm³/mol. The summed E-state index contributed by atoms with van der Waals surface area (Å²) in [6, 6.07) is 2.06. The second kappa shape index (κ2) is 6.39. The average molecular weight is 255 g/mol. The molecule has 0 atom stereocenters. The van der Waals surface area contributed by atoms with Crippen LogP contribution < -0.4 is 0 Å². The molecule has 1 aromatic heterocycles. The van der Waals surface area contributed by atoms with Crippen molar-refractivity contribution in [2.24, 2.45) is 0 Å². The Morgan fingerprint density at radius 2 is 2.12 bits per heavy atom. The van der Waals surface area contributed by atoms with E-state index in [1.165, 1.54) is 10.4 Å². The van der Waals surface area contributed by atoms with Crippen LogP contribution in [0.15, 0.2) is 11.4 Å². The van der Waals surface area contributed by atoms with Crippen molar-refractivity contribution in [1.29, 1.82) is 0 Å². The molecule has 0 bridgehead atoms. The van der Waals surface area contributed by atoms with E-state index >= 15 is 0 Å². The van der Waals surface area contributed by atoms with Crippen molar-refractivity contribution in [3.8, 4) is 0 Å². The SMILES string of the molecule is Cc1ccsc1CCN(C)C(=O)CCC(=O)O. The zero-order valence-corrected chi connectivity index (χ0v) is 10.9. The normalized spacial score (nSPS) is 10.2. The number of carbonyl (C=O) groups is 2. The molecule has 1 amide bonds. The standard InChI is InChI=1S/C12H17NO3S/c1-9-6-8-17-10(9)5-7-13(2)11(14)3-4-12(15)16/h6,8H,3-5,7H2,1-2H3,(H,15,16). The molecular formula is C12H17NO3S. The number of aliphatic carboxylic acids is 1. The molecule has 94 valence electrons. The lowest BCUT2D eigenvalue weighted by atomic mass is 10.2. The van der Waals surface area contributed by atoms with Gasteiger partial charge in [-0.1, -0.05) is 0 Å². The Morgan fingerprint density at radius 3 is 2.65 bits per heavy atom. The van der Waals surface area contributed by atoms with E-state index in [9.17, 15) is 9.59 Å². The first-order valence-corrected chi connectivity index (χ1v) is 6.37. The summed E-state index contributed by atoms with van der Waals surface area (Å²) in [5, 5.41) is 10.5. The van der Waals surface area contributed by atoms with E-state index < -0.39 is 5.97 Å². The second-order valence-electron chi connectivity index (χ2n) is 3.99. The Kier molecular flexibility index (Phi) is 5.15. The molecule has 0 saturated heterocycles. The van der Waals surface area contributed by atoms with Gasteiger partial charge in [-0.15, -0.1) is 11.3 Å². The zero-order valence-electron chi connectivity index (χ0n) is 10.1. The Hall–Kier alpha value is -1.36. The van der Waals surface area contributed by atoms with E-state index in [0.717, 1.165) is 6.42 Å². The van der Waals surface area contributed by atoms with Crippen molar-refractivity contribution in [3.63, 3.8) is 0 Å². The maximum Gasteiger partial charge on any atom is 0.303 e. The van der Waals surface area contributed by atoms with E-state index in [0.29, 0.717) is 6.54 Å². The zero-order chi connectivity index (χ0) is 12.8. The van der Waals surface area contributed by atoms with Gasteiger partial charge in [0.1, 0.15) is 0 Å². The largest absolute Gasteiger partial charge is 0.481 e. The minimum atomic E-state index is -0.930. The highest BCUT2D eigenvalue weighted by molar-refractivity contribution is 7.10. The summed E-state index contributed by atoms with van der Waals surface area (Å²) in [5.41, 5.74) is 1.25. The maximum atomic E-state index is 11.6. The van der Waals surface area contributed by atoms with Crippen molar-refractivity contribution in [1.82, 2.24) is 4.90 Å². The van der Waals surface area contributed by atoms with Crippen LogP contribution in [-0.2, 0) is 16.0 Å². The number of amides is 1. The summed E-state index contributed by atoms with van der Waals surface area (Å²) < 4.78 is 0. The molecule has 0 aliphatic carbocycles. The highest BCUT2D eigenvalue weighted by atomic mass is 32.1. The number of carboxylic acid groups (broad SMARTS) is 1. The number of carbonyl (C=O) groups excluding carboxylic acids is 1. The van der Waals surface area contributed by atoms with E-state index in [1.807, 2.05) is 5.38 Å². The quantitative estimate of drug-likeness (QED) is 0.845. The van der Waals surface area contributed by atoms with Crippen LogP contribution in [0.2, 0.25) is 0 Å². The summed E-state index contributed by atoms with van der Waals surface area (Å²) in [5.74, 6) is -1.04. The fourth-order valence-corrected chi connectivity index (χ4v) is 2.36. The van der Waals surface area contributed by atoms with Gasteiger partial charge in [0.25, 0.3) is 0 Å². The van der Waals surface area contributed by atoms with Crippen LogP contribution >= 0.6 is 11.3 Å². The third-order valence-corrected chi connectivity index (χ3v) is 3.70. The fraction of sp³-hybridized carbons (Fsp3) is 0.500. The van der Waals surface area contributed by atoms with E-state index in [-0.39, 0.29) is 18.7 Å². The lowest BCUT2D eigenvalue weighted by Gasteiger charge is -2.16. The highest BCUT2D eigenvalue weighted by Crippen LogP contribution is 2.16. The Morgan fingerprint density at radius 1 is 1.41 bits per heavy atom. The number of rotatable bonds is 6. The second-order valence-corrected chi connectivity index (χ2v) is 4.99. The number of likely N-dealkylation sites (N-methyl/N-ethyl adjacent to an activating group) is 1. The smallest absolute Gasteiger partial charge is 0.303 e. The van der Waals surface area contributed by atoms with Crippen molar-refractivity contribution in [2.75, 3.05) is 13.6 Å². The average Bonchev–Trinajstić information content (AvgIpc) is 2.68. The fourth-order valence-electron chi connectivity index (χ4n) is 1.46. The maximum absolute atomic E-state index is 11.6. The number of aryl methyl sites for hydroxylation is 1. The molecule has 1 heterocycles. The Balaban J connectivity index is 2.34. The Labute approximate surface area is 105 Å². The summed E-state index contributed by atoms with van der Waals surface area (Å²) in [6.45, 7) is 2.69. The number of hydrogen-bond acceptors (Lipinski definition) is 3. The molecule has 0 aliphatic rings. The molecular weight excluding hydrogens is 238 g/mol. The van der Waals surface area contributed by atoms with Crippen LogP contribution in [0.25, 0.3) is 0 Å². The van der Waals surface area contributed by atoms with E-state index in [2.05, 4.69) is 13.0 Å². The number of thiophene rings is 1. The minimum absolute atomic E-state index is 0.0786. The van der Waals surface area contributed by atoms with Gasteiger partial charge in [-0.05, 0) is 30.4 Å². The van der Waals surface area contributed by atoms with Gasteiger partial charge in [-0.3, -0.25) is 9.59 Å². The van der Waals surface area contributed by atoms with Gasteiger partial charge in [0.2, 0.25) is 5.91 Å². The van der Waals surface area contributed by atoms with Gasteiger partial charge in [-0.25, -0.2) is 0 Å². The van der Waals surface area contributed by atoms with Crippen LogP contribution in [0.1, 0.15) is 23.3 Å². The molecule has 5 heteroatoms. The summed E-state index contributed by atoms with van der Waals surface area (Å²) in [7, 11) is 1.72. The van der Waals surface area contributed by atoms with Crippen LogP contribution in [0.4, 0.5) is 0 Å². The molecule has 0 fully saturated rings. The van der Waals surface area contributed by atoms with Gasteiger partial charge < -0.3 is 10.0 Å². The highest BCUT2D eigenvalue weighted by Gasteiger charge is 2.11. The third kappa shape index (κ3) is 4.56. The molecule has 1 N–H and O–H groups in total. The van der Waals surface area contributed by atoms with Crippen LogP contribution in [0, 0.1) is 6.92 Å². The van der Waals surface area contributed by atoms with Gasteiger partial charge >= 0.3 is 5.97 Å². The molecule has 0 radical (unpaired) electrons. The molecule has 0 saturated carbocycles. The molecule has 0 unspecified atom stereocenters. The minimum Gasteiger partial charge on any atom is -0.481 e. The topological polar surface area (TPSA) is 57.6 Å². The Bertz CT molecular complexity index is 400. The number of nitrogens with zero attached hydrogens (tertiary/aromatic N) is 1. The molecule has 17 heavy (non-hydrogen) atoms. The van der Waals surface area contributed by atoms with Crippen LogP contribution in [0.3, 0.4) is 0 Å². The van der Waals surface area contributed by atoms with Crippen molar-refractivity contribution >= 4 is 23.2 Å². The lowest BCUT2D eigenvalue weighted by Crippen LogP contribution is -2.29. The van der Waals surface area contributed by atoms with Crippen molar-refractivity contribution < 1.29 is 14.7 Å². The van der Waals surface area contributed by atoms with Gasteiger partial charge in [0.05, 0.1) is 6.42 Å². The summed E-state index contributed by atoms with van der Waals surface area (Å²) in [4.78, 5) is 24.8. The van der Waals surface area contributed by atoms with Crippen molar-refractivity contribution in [2.45, 2.75) is 26.2 Å². The lowest BCUT2D eigenvalue weighted by molar-refractivity contribution is -0.140. The van der Waals surface area contributed by atoms with Gasteiger partial charge in [0.15, 0.2) is 0 Å². The summed E-state index contributed by atoms with van der Waals surface area (Å²) in [6.07, 6.45) is 0.815. The molecule has 4 nitrogen and oxygen atoms in total. The monoisotopic (exact) mass is 255 g/mol. The molecule has 1 aromatic rings. The van der Waals surface area contributed by atoms with Gasteiger partial charge in [0, 0.05) is 24.9 Å². The number of hydrogen-bond donors (Lipinski definition) is 1. The predicted octanol–water partition coefficient (Wildman–Crippen LogP) is 1.92. The van der Waals surface area contributed by atoms with Crippen molar-refractivity contribution in [3.05, 3.63) is 21.9 Å². The molecule has 0 spiro atoms. The van der Waals surface area contributed by atoms with E-state index in [4.69, 9.17) is 5.11 Å². The van der Waals surface area contributed by atoms with Crippen LogP contribution in [-0.4, -0.2) is 35.5 Å². The van der Waals surface area contributed by atoms with Crippen LogP contribution in [0.5, 0.6) is 0 Å². The third-order valence-electron chi connectivity index (χ3n) is 2.62. The summed E-state index contributed by atoms with van der Waals surface area (Å²) >= 11 is 1.69. The molecule has 0 aliphatic heterocycles. The number of carboxylic acids is 1. The van der Waals surface area contributed by atoms with E-state index in [1.54, 1.807) is 23.3 Å². The molecule has 0 aromatic carbocycles. The molecule has 1 rings (SSSR count). The first-order valence-electron chi connectivity index (χ1n) is 5.49. The first kappa shape index (κ1) is 13.7. The first-order chi connectivity index (χ1) is 8.00. The van der Waals surface area contributed by atoms with Gasteiger partial charge in [-0.2, -0.15) is 0 Å².